The number of halogens is 3. The molecule has 174 valence electrons. The minimum Gasteiger partial charge on any atom is -0.354 e. The molecule has 1 saturated heterocycles. The summed E-state index contributed by atoms with van der Waals surface area (Å²) in [6.45, 7) is 1.12. The van der Waals surface area contributed by atoms with Crippen molar-refractivity contribution in [3.8, 4) is 0 Å². The molecule has 0 spiro atoms. The molecule has 1 fully saturated rings. The number of amides is 3. The number of carbonyl (C=O) groups is 2. The molecule has 3 aromatic rings. The van der Waals surface area contributed by atoms with Crippen molar-refractivity contribution >= 4 is 22.8 Å². The number of rotatable bonds is 4. The summed E-state index contributed by atoms with van der Waals surface area (Å²) in [5.74, 6) is 0.0685. The quantitative estimate of drug-likeness (QED) is 0.533. The van der Waals surface area contributed by atoms with Gasteiger partial charge in [-0.15, -0.1) is 0 Å². The van der Waals surface area contributed by atoms with Crippen LogP contribution >= 0.6 is 0 Å². The van der Waals surface area contributed by atoms with E-state index in [1.807, 2.05) is 18.2 Å². The van der Waals surface area contributed by atoms with Gasteiger partial charge in [0.2, 0.25) is 0 Å². The minimum atomic E-state index is -4.41. The molecule has 4 rings (SSSR count). The molecule has 0 bridgehead atoms. The first-order chi connectivity index (χ1) is 15.8. The summed E-state index contributed by atoms with van der Waals surface area (Å²) in [4.78, 5) is 29.4. The molecule has 0 atom stereocenters. The number of urea groups is 1. The number of nitrogens with one attached hydrogen (secondary N) is 3. The summed E-state index contributed by atoms with van der Waals surface area (Å²) in [5, 5.41) is 6.34. The highest BCUT2D eigenvalue weighted by molar-refractivity contribution is 5.98. The molecule has 1 aliphatic heterocycles. The zero-order chi connectivity index (χ0) is 23.6. The zero-order valence-electron chi connectivity index (χ0n) is 18.1. The van der Waals surface area contributed by atoms with E-state index in [9.17, 15) is 22.8 Å². The van der Waals surface area contributed by atoms with Gasteiger partial charge in [-0.05, 0) is 54.2 Å². The maximum Gasteiger partial charge on any atom is 0.416 e. The van der Waals surface area contributed by atoms with Crippen molar-refractivity contribution in [3.05, 3.63) is 70.9 Å². The molecule has 2 heterocycles. The number of aromatic amines is 1. The molecule has 0 radical (unpaired) electrons. The predicted molar refractivity (Wildman–Crippen MR) is 119 cm³/mol. The molecule has 0 unspecified atom stereocenters. The summed E-state index contributed by atoms with van der Waals surface area (Å²) >= 11 is 0. The molecule has 0 saturated carbocycles. The second-order valence-corrected chi connectivity index (χ2v) is 8.19. The number of benzene rings is 2. The van der Waals surface area contributed by atoms with E-state index in [-0.39, 0.29) is 24.4 Å². The number of fused-ring (bicyclic) bond motifs is 1. The second kappa shape index (κ2) is 9.17. The van der Waals surface area contributed by atoms with Crippen LogP contribution in [-0.2, 0) is 12.7 Å². The molecule has 9 heteroatoms. The van der Waals surface area contributed by atoms with Crippen LogP contribution in [0.5, 0.6) is 0 Å². The lowest BCUT2D eigenvalue weighted by Gasteiger charge is -2.32. The van der Waals surface area contributed by atoms with Crippen molar-refractivity contribution < 1.29 is 22.8 Å². The van der Waals surface area contributed by atoms with Gasteiger partial charge in [-0.2, -0.15) is 13.2 Å². The first-order valence-corrected chi connectivity index (χ1v) is 10.8. The van der Waals surface area contributed by atoms with E-state index in [4.69, 9.17) is 0 Å². The van der Waals surface area contributed by atoms with Crippen LogP contribution in [0.25, 0.3) is 10.9 Å². The van der Waals surface area contributed by atoms with Crippen molar-refractivity contribution in [1.82, 2.24) is 20.5 Å². The summed E-state index contributed by atoms with van der Waals surface area (Å²) < 4.78 is 38.6. The third kappa shape index (κ3) is 4.97. The first kappa shape index (κ1) is 22.7. The Morgan fingerprint density at radius 1 is 1.09 bits per heavy atom. The molecule has 1 aromatic heterocycles. The first-order valence-electron chi connectivity index (χ1n) is 10.8. The topological polar surface area (TPSA) is 77.2 Å². The zero-order valence-corrected chi connectivity index (χ0v) is 18.1. The van der Waals surface area contributed by atoms with Crippen LogP contribution in [0.4, 0.5) is 18.0 Å². The average Bonchev–Trinajstić information content (AvgIpc) is 3.26. The Hall–Kier alpha value is -3.49. The van der Waals surface area contributed by atoms with Crippen molar-refractivity contribution in [2.45, 2.75) is 31.5 Å². The Bertz CT molecular complexity index is 1160. The van der Waals surface area contributed by atoms with Gasteiger partial charge in [0.1, 0.15) is 5.69 Å². The minimum absolute atomic E-state index is 0.0353. The van der Waals surface area contributed by atoms with Crippen LogP contribution in [0.2, 0.25) is 0 Å². The second-order valence-electron chi connectivity index (χ2n) is 8.19. The normalized spacial score (nSPS) is 15.0. The van der Waals surface area contributed by atoms with Crippen molar-refractivity contribution in [2.24, 2.45) is 0 Å². The van der Waals surface area contributed by atoms with Gasteiger partial charge in [-0.3, -0.25) is 4.79 Å². The predicted octanol–water partition coefficient (Wildman–Crippen LogP) is 4.64. The highest BCUT2D eigenvalue weighted by Gasteiger charge is 2.30. The van der Waals surface area contributed by atoms with Crippen molar-refractivity contribution in [1.29, 1.82) is 0 Å². The monoisotopic (exact) mass is 458 g/mol. The van der Waals surface area contributed by atoms with Crippen LogP contribution in [0.1, 0.15) is 45.9 Å². The van der Waals surface area contributed by atoms with Crippen LogP contribution in [0.15, 0.2) is 48.5 Å². The van der Waals surface area contributed by atoms with Crippen LogP contribution in [0, 0.1) is 0 Å². The fourth-order valence-corrected chi connectivity index (χ4v) is 4.33. The van der Waals surface area contributed by atoms with Crippen LogP contribution < -0.4 is 10.6 Å². The van der Waals surface area contributed by atoms with Gasteiger partial charge >= 0.3 is 12.2 Å². The third-order valence-electron chi connectivity index (χ3n) is 6.09. The number of aromatic nitrogens is 1. The number of piperidine rings is 1. The van der Waals surface area contributed by atoms with Crippen molar-refractivity contribution in [2.75, 3.05) is 20.1 Å². The highest BCUT2D eigenvalue weighted by Crippen LogP contribution is 2.34. The van der Waals surface area contributed by atoms with Gasteiger partial charge in [-0.25, -0.2) is 4.79 Å². The maximum atomic E-state index is 12.9. The van der Waals surface area contributed by atoms with Gasteiger partial charge in [0.05, 0.1) is 5.56 Å². The van der Waals surface area contributed by atoms with E-state index in [0.29, 0.717) is 24.3 Å². The number of hydrogen-bond donors (Lipinski definition) is 3. The number of nitrogens with zero attached hydrogens (tertiary/aromatic N) is 1. The highest BCUT2D eigenvalue weighted by atomic mass is 19.4. The molecule has 3 N–H and O–H groups in total. The Labute approximate surface area is 189 Å². The van der Waals surface area contributed by atoms with Crippen LogP contribution in [-0.4, -0.2) is 42.0 Å². The van der Waals surface area contributed by atoms with E-state index in [2.05, 4.69) is 21.7 Å². The lowest BCUT2D eigenvalue weighted by Crippen LogP contribution is -2.43. The van der Waals surface area contributed by atoms with E-state index in [1.165, 1.54) is 6.07 Å². The van der Waals surface area contributed by atoms with Gasteiger partial charge < -0.3 is 20.5 Å². The third-order valence-corrected chi connectivity index (χ3v) is 6.09. The van der Waals surface area contributed by atoms with Gasteiger partial charge in [-0.1, -0.05) is 24.3 Å². The molecular weight excluding hydrogens is 433 g/mol. The number of H-pyrrole nitrogens is 1. The summed E-state index contributed by atoms with van der Waals surface area (Å²) in [7, 11) is 1.59. The summed E-state index contributed by atoms with van der Waals surface area (Å²) in [6, 6.07) is 12.5. The smallest absolute Gasteiger partial charge is 0.354 e. The van der Waals surface area contributed by atoms with Gasteiger partial charge in [0.15, 0.2) is 0 Å². The Balaban J connectivity index is 1.37. The molecule has 1 aliphatic rings. The molecule has 0 aliphatic carbocycles. The van der Waals surface area contributed by atoms with E-state index >= 15 is 0 Å². The summed E-state index contributed by atoms with van der Waals surface area (Å²) in [6.07, 6.45) is -2.89. The van der Waals surface area contributed by atoms with E-state index in [1.54, 1.807) is 18.0 Å². The number of likely N-dealkylation sites (tertiary alicyclic amines) is 1. The maximum absolute atomic E-state index is 12.9. The number of hydrogen-bond acceptors (Lipinski definition) is 2. The Kier molecular flexibility index (Phi) is 6.31. The fourth-order valence-electron chi connectivity index (χ4n) is 4.33. The number of carbonyl (C=O) groups excluding carboxylic acids is 2. The fraction of sp³-hybridized carbons (Fsp3) is 0.333. The van der Waals surface area contributed by atoms with E-state index in [0.717, 1.165) is 41.4 Å². The standard InChI is InChI=1S/C24H25F3N4O2/c1-28-22(32)21-13-19-18(6-3-7-20(19)30-21)16-8-10-31(11-9-16)23(33)29-14-15-4-2-5-17(12-15)24(25,26)27/h2-7,12-13,16,30H,8-11,14H2,1H3,(H,28,32)(H,29,33). The van der Waals surface area contributed by atoms with Crippen molar-refractivity contribution in [3.63, 3.8) is 0 Å². The lowest BCUT2D eigenvalue weighted by atomic mass is 9.87. The lowest BCUT2D eigenvalue weighted by molar-refractivity contribution is -0.137. The molecule has 2 aromatic carbocycles. The van der Waals surface area contributed by atoms with Gasteiger partial charge in [0.25, 0.3) is 5.91 Å². The molecular formula is C24H25F3N4O2. The molecule has 33 heavy (non-hydrogen) atoms. The van der Waals surface area contributed by atoms with Crippen LogP contribution in [0.3, 0.4) is 0 Å². The average molecular weight is 458 g/mol. The Morgan fingerprint density at radius 3 is 2.52 bits per heavy atom. The Morgan fingerprint density at radius 2 is 1.82 bits per heavy atom. The SMILES string of the molecule is CNC(=O)c1cc2c(C3CCN(C(=O)NCc4cccc(C(F)(F)F)c4)CC3)cccc2[nH]1. The largest absolute Gasteiger partial charge is 0.416 e. The molecule has 6 nitrogen and oxygen atoms in total. The summed E-state index contributed by atoms with van der Waals surface area (Å²) in [5.41, 5.74) is 2.22. The number of alkyl halides is 3. The molecule has 3 amide bonds. The van der Waals surface area contributed by atoms with Gasteiger partial charge in [0, 0.05) is 37.6 Å². The van der Waals surface area contributed by atoms with E-state index < -0.39 is 11.7 Å².